The first kappa shape index (κ1) is 34.8. The molecule has 1 aliphatic heterocycles. The maximum Gasteiger partial charge on any atom is 0.301 e. The first-order chi connectivity index (χ1) is 23.6. The van der Waals surface area contributed by atoms with Gasteiger partial charge in [0.15, 0.2) is 21.6 Å². The first-order valence-corrected chi connectivity index (χ1v) is 18.2. The number of imidazole rings is 1. The molecule has 4 heterocycles. The second-order valence-electron chi connectivity index (χ2n) is 11.7. The molecule has 3 aromatic heterocycles. The zero-order valence-electron chi connectivity index (χ0n) is 27.1. The van der Waals surface area contributed by atoms with Crippen molar-refractivity contribution in [1.82, 2.24) is 19.6 Å². The predicted molar refractivity (Wildman–Crippen MR) is 193 cm³/mol. The molecule has 1 N–H and O–H groups in total. The lowest BCUT2D eigenvalue weighted by atomic mass is 9.96. The number of amides is 1. The largest absolute Gasteiger partial charge is 0.505 e. The van der Waals surface area contributed by atoms with Gasteiger partial charge in [0.25, 0.3) is 5.78 Å². The summed E-state index contributed by atoms with van der Waals surface area (Å²) >= 11 is 15.0. The third-order valence-electron chi connectivity index (χ3n) is 7.88. The number of carbonyl (C=O) groups is 2. The van der Waals surface area contributed by atoms with Crippen LogP contribution in [0.5, 0.6) is 11.5 Å². The number of aryl methyl sites for hydroxylation is 1. The molecule has 10 nitrogen and oxygen atoms in total. The van der Waals surface area contributed by atoms with E-state index in [-0.39, 0.29) is 16.5 Å². The number of benzene rings is 2. The molecule has 14 heteroatoms. The van der Waals surface area contributed by atoms with Crippen LogP contribution < -0.4 is 14.4 Å². The minimum absolute atomic E-state index is 0.105. The molecule has 254 valence electrons. The maximum atomic E-state index is 14.0. The Balaban J connectivity index is 1.44. The Morgan fingerprint density at radius 3 is 2.63 bits per heavy atom. The van der Waals surface area contributed by atoms with E-state index in [1.54, 1.807) is 60.0 Å². The van der Waals surface area contributed by atoms with Crippen LogP contribution in [0.3, 0.4) is 0 Å². The first-order valence-electron chi connectivity index (χ1n) is 15.6. The number of hydrogen-bond acceptors (Lipinski definition) is 10. The number of pyridine rings is 1. The van der Waals surface area contributed by atoms with E-state index < -0.39 is 17.7 Å². The Kier molecular flexibility index (Phi) is 10.5. The molecule has 0 bridgehead atoms. The number of nitrogens with zero attached hydrogens (tertiary/aromatic N) is 5. The van der Waals surface area contributed by atoms with E-state index in [9.17, 15) is 14.7 Å². The number of aromatic nitrogens is 4. The standard InChI is InChI=1S/C35H33Cl2N5O5S2/c1-5-46-26-16-21(10-12-25(26)47-15-13-19(2)3)30-28(31(43)29-20(4)38-27-8-6-7-14-41(27)29)32(44)33(45)42(30)34-39-40-35(49-34)48-18-22-9-11-23(36)17-24(22)37/h6-12,14,16-17,19,30,43H,5,13,15,18H2,1-4H3/b31-28+. The van der Waals surface area contributed by atoms with Crippen LogP contribution in [0.2, 0.25) is 10.0 Å². The third-order valence-corrected chi connectivity index (χ3v) is 10.6. The lowest BCUT2D eigenvalue weighted by Gasteiger charge is -2.24. The van der Waals surface area contributed by atoms with E-state index in [0.717, 1.165) is 23.3 Å². The van der Waals surface area contributed by atoms with E-state index >= 15 is 0 Å². The number of thioether (sulfide) groups is 1. The fourth-order valence-electron chi connectivity index (χ4n) is 5.49. The van der Waals surface area contributed by atoms with Gasteiger partial charge in [-0.05, 0) is 73.7 Å². The fourth-order valence-corrected chi connectivity index (χ4v) is 7.92. The summed E-state index contributed by atoms with van der Waals surface area (Å²) in [5.41, 5.74) is 2.66. The molecule has 1 unspecified atom stereocenters. The normalized spacial score (nSPS) is 15.9. The molecule has 49 heavy (non-hydrogen) atoms. The Morgan fingerprint density at radius 1 is 1.06 bits per heavy atom. The number of carbonyl (C=O) groups excluding carboxylic acids is 2. The summed E-state index contributed by atoms with van der Waals surface area (Å²) in [6.45, 7) is 8.70. The van der Waals surface area contributed by atoms with E-state index in [1.807, 2.05) is 19.1 Å². The number of ketones is 1. The second kappa shape index (κ2) is 14.8. The molecule has 0 aliphatic carbocycles. The van der Waals surface area contributed by atoms with Gasteiger partial charge >= 0.3 is 5.91 Å². The summed E-state index contributed by atoms with van der Waals surface area (Å²) < 4.78 is 14.3. The molecule has 6 rings (SSSR count). The van der Waals surface area contributed by atoms with Crippen molar-refractivity contribution in [2.75, 3.05) is 18.1 Å². The highest BCUT2D eigenvalue weighted by Gasteiger charge is 2.49. The van der Waals surface area contributed by atoms with E-state index in [1.165, 1.54) is 16.7 Å². The number of rotatable bonds is 12. The van der Waals surface area contributed by atoms with Crippen LogP contribution in [0.15, 0.2) is 70.7 Å². The van der Waals surface area contributed by atoms with Gasteiger partial charge in [-0.25, -0.2) is 4.98 Å². The smallest absolute Gasteiger partial charge is 0.301 e. The van der Waals surface area contributed by atoms with Gasteiger partial charge in [0.1, 0.15) is 11.3 Å². The Bertz CT molecular complexity index is 2080. The van der Waals surface area contributed by atoms with Crippen LogP contribution >= 0.6 is 46.3 Å². The highest BCUT2D eigenvalue weighted by Crippen LogP contribution is 2.46. The Morgan fingerprint density at radius 2 is 1.88 bits per heavy atom. The van der Waals surface area contributed by atoms with Crippen molar-refractivity contribution in [2.45, 2.75) is 50.3 Å². The van der Waals surface area contributed by atoms with E-state index in [4.69, 9.17) is 32.7 Å². The van der Waals surface area contributed by atoms with Gasteiger partial charge in [-0.1, -0.05) is 78.3 Å². The molecule has 1 atom stereocenters. The van der Waals surface area contributed by atoms with Crippen molar-refractivity contribution in [3.05, 3.63) is 98.9 Å². The monoisotopic (exact) mass is 737 g/mol. The molecule has 0 spiro atoms. The minimum Gasteiger partial charge on any atom is -0.505 e. The number of anilines is 1. The van der Waals surface area contributed by atoms with Gasteiger partial charge in [-0.15, -0.1) is 10.2 Å². The van der Waals surface area contributed by atoms with Crippen molar-refractivity contribution in [3.8, 4) is 11.5 Å². The van der Waals surface area contributed by atoms with Gasteiger partial charge in [-0.3, -0.25) is 18.9 Å². The third kappa shape index (κ3) is 7.14. The molecule has 0 saturated carbocycles. The highest BCUT2D eigenvalue weighted by atomic mass is 35.5. The second-order valence-corrected chi connectivity index (χ2v) is 14.7. The van der Waals surface area contributed by atoms with Gasteiger partial charge in [0.2, 0.25) is 5.13 Å². The number of hydrogen-bond donors (Lipinski definition) is 1. The van der Waals surface area contributed by atoms with Crippen LogP contribution in [0.1, 0.15) is 55.7 Å². The minimum atomic E-state index is -1.06. The average molecular weight is 739 g/mol. The highest BCUT2D eigenvalue weighted by molar-refractivity contribution is 8.00. The van der Waals surface area contributed by atoms with Gasteiger partial charge < -0.3 is 14.6 Å². The summed E-state index contributed by atoms with van der Waals surface area (Å²) in [5.74, 6) is -0.132. The molecular weight excluding hydrogens is 705 g/mol. The quantitative estimate of drug-likeness (QED) is 0.0442. The fraction of sp³-hybridized carbons (Fsp3) is 0.286. The number of aliphatic hydroxyl groups is 1. The lowest BCUT2D eigenvalue weighted by molar-refractivity contribution is -0.132. The molecule has 1 aliphatic rings. The van der Waals surface area contributed by atoms with Crippen LogP contribution in [-0.4, -0.2) is 49.6 Å². The Hall–Kier alpha value is -4.10. The van der Waals surface area contributed by atoms with Crippen LogP contribution in [0, 0.1) is 12.8 Å². The topological polar surface area (TPSA) is 119 Å². The summed E-state index contributed by atoms with van der Waals surface area (Å²) in [6.07, 6.45) is 2.60. The number of aliphatic hydroxyl groups excluding tert-OH is 1. The molecular formula is C35H33Cl2N5O5S2. The number of fused-ring (bicyclic) bond motifs is 1. The van der Waals surface area contributed by atoms with Crippen molar-refractivity contribution in [1.29, 1.82) is 0 Å². The van der Waals surface area contributed by atoms with Crippen molar-refractivity contribution in [3.63, 3.8) is 0 Å². The molecule has 2 aromatic carbocycles. The number of halogens is 2. The maximum absolute atomic E-state index is 14.0. The molecule has 5 aromatic rings. The molecule has 1 fully saturated rings. The summed E-state index contributed by atoms with van der Waals surface area (Å²) in [6, 6.07) is 14.9. The van der Waals surface area contributed by atoms with E-state index in [2.05, 4.69) is 29.0 Å². The average Bonchev–Trinajstić information content (AvgIpc) is 3.74. The number of Topliss-reactive ketones (excluding diaryl/α,β-unsaturated/α-hetero) is 1. The number of ether oxygens (including phenoxy) is 2. The van der Waals surface area contributed by atoms with Crippen molar-refractivity contribution >= 4 is 74.5 Å². The lowest BCUT2D eigenvalue weighted by Crippen LogP contribution is -2.29. The van der Waals surface area contributed by atoms with E-state index in [0.29, 0.717) is 73.4 Å². The van der Waals surface area contributed by atoms with Gasteiger partial charge in [-0.2, -0.15) is 0 Å². The Labute approximate surface area is 301 Å². The molecule has 1 saturated heterocycles. The van der Waals surface area contributed by atoms with Gasteiger partial charge in [0.05, 0.1) is 30.5 Å². The molecule has 1 amide bonds. The SMILES string of the molecule is CCOc1cc(C2/C(=C(\O)c3c(C)nc4ccccn34)C(=O)C(=O)N2c2nnc(SCc3ccc(Cl)cc3Cl)s2)ccc1OCCC(C)C. The summed E-state index contributed by atoms with van der Waals surface area (Å²) in [7, 11) is 0. The van der Waals surface area contributed by atoms with Crippen LogP contribution in [0.4, 0.5) is 5.13 Å². The summed E-state index contributed by atoms with van der Waals surface area (Å²) in [5, 5.41) is 21.8. The van der Waals surface area contributed by atoms with Crippen LogP contribution in [-0.2, 0) is 15.3 Å². The summed E-state index contributed by atoms with van der Waals surface area (Å²) in [4.78, 5) is 33.7. The molecule has 0 radical (unpaired) electrons. The zero-order valence-corrected chi connectivity index (χ0v) is 30.3. The zero-order chi connectivity index (χ0) is 34.8. The van der Waals surface area contributed by atoms with Crippen molar-refractivity contribution < 1.29 is 24.2 Å². The van der Waals surface area contributed by atoms with Gasteiger partial charge in [0, 0.05) is 22.0 Å². The van der Waals surface area contributed by atoms with Crippen molar-refractivity contribution in [2.24, 2.45) is 5.92 Å². The predicted octanol–water partition coefficient (Wildman–Crippen LogP) is 8.54. The van der Waals surface area contributed by atoms with Crippen LogP contribution in [0.25, 0.3) is 11.4 Å².